The predicted molar refractivity (Wildman–Crippen MR) is 137 cm³/mol. The molecule has 2 saturated heterocycles. The zero-order chi connectivity index (χ0) is 21.9. The van der Waals surface area contributed by atoms with Gasteiger partial charge in [0.05, 0.1) is 0 Å². The molecule has 2 aliphatic heterocycles. The molecule has 4 N–H and O–H groups in total. The Morgan fingerprint density at radius 2 is 1.43 bits per heavy atom. The third kappa shape index (κ3) is 5.83. The minimum atomic E-state index is -0.263. The van der Waals surface area contributed by atoms with Crippen molar-refractivity contribution in [2.24, 2.45) is 0 Å². The van der Waals surface area contributed by atoms with Crippen LogP contribution in [0.4, 0.5) is 0 Å². The maximum Gasteiger partial charge on any atom is 0.0413 e. The highest BCUT2D eigenvalue weighted by atomic mass is 31.1. The lowest BCUT2D eigenvalue weighted by Gasteiger charge is -2.41. The third-order valence-corrected chi connectivity index (χ3v) is 9.82. The molecule has 3 rings (SSSR count). The van der Waals surface area contributed by atoms with Crippen molar-refractivity contribution in [3.8, 4) is 0 Å². The van der Waals surface area contributed by atoms with Gasteiger partial charge in [-0.3, -0.25) is 0 Å². The van der Waals surface area contributed by atoms with Gasteiger partial charge in [0.2, 0.25) is 0 Å². The average molecular weight is 451 g/mol. The second-order valence-electron chi connectivity index (χ2n) is 10.9. The normalized spacial score (nSPS) is 24.6. The van der Waals surface area contributed by atoms with E-state index in [1.807, 2.05) is 0 Å². The predicted octanol–water partition coefficient (Wildman–Crippen LogP) is 3.68. The van der Waals surface area contributed by atoms with Crippen molar-refractivity contribution in [3.63, 3.8) is 0 Å². The summed E-state index contributed by atoms with van der Waals surface area (Å²) in [6.07, 6.45) is 2.22. The quantitative estimate of drug-likeness (QED) is 0.517. The molecule has 1 aromatic carbocycles. The first-order valence-electron chi connectivity index (χ1n) is 11.6. The van der Waals surface area contributed by atoms with Crippen molar-refractivity contribution in [1.29, 1.82) is 0 Å². The van der Waals surface area contributed by atoms with Crippen LogP contribution in [0.1, 0.15) is 63.8 Å². The summed E-state index contributed by atoms with van der Waals surface area (Å²) in [5.74, 6) is 1.13. The minimum absolute atomic E-state index is 0.130. The number of rotatable bonds is 5. The van der Waals surface area contributed by atoms with E-state index in [-0.39, 0.29) is 18.8 Å². The summed E-state index contributed by atoms with van der Waals surface area (Å²) >= 11 is 0. The molecule has 2 heterocycles. The van der Waals surface area contributed by atoms with Crippen LogP contribution in [0.3, 0.4) is 0 Å². The number of benzene rings is 1. The molecule has 6 heteroatoms. The summed E-state index contributed by atoms with van der Waals surface area (Å²) in [6.45, 7) is 20.8. The van der Waals surface area contributed by atoms with Gasteiger partial charge in [-0.25, -0.2) is 0 Å². The monoisotopic (exact) mass is 450 g/mol. The molecule has 0 radical (unpaired) electrons. The van der Waals surface area contributed by atoms with Crippen LogP contribution in [0, 0.1) is 0 Å². The van der Waals surface area contributed by atoms with Crippen LogP contribution in [-0.2, 0) is 23.2 Å². The Bertz CT molecular complexity index is 678. The highest BCUT2D eigenvalue weighted by Gasteiger charge is 2.35. The van der Waals surface area contributed by atoms with E-state index in [1.165, 1.54) is 17.3 Å². The molecule has 1 aromatic rings. The fraction of sp³-hybridized carbons (Fsp3) is 0.750. The summed E-state index contributed by atoms with van der Waals surface area (Å²) in [4.78, 5) is 0. The highest BCUT2D eigenvalue weighted by molar-refractivity contribution is 7.58. The van der Waals surface area contributed by atoms with Gasteiger partial charge >= 0.3 is 0 Å². The molecule has 0 aromatic heterocycles. The van der Waals surface area contributed by atoms with Crippen LogP contribution in [-0.4, -0.2) is 50.8 Å². The van der Waals surface area contributed by atoms with E-state index in [0.29, 0.717) is 11.6 Å². The second-order valence-corrected chi connectivity index (χ2v) is 13.8. The van der Waals surface area contributed by atoms with Crippen LogP contribution >= 0.6 is 17.2 Å². The third-order valence-electron chi connectivity index (χ3n) is 6.37. The smallest absolute Gasteiger partial charge is 0.0413 e. The van der Waals surface area contributed by atoms with Crippen molar-refractivity contribution in [2.45, 2.75) is 76.3 Å². The van der Waals surface area contributed by atoms with E-state index in [1.54, 1.807) is 11.1 Å². The highest BCUT2D eigenvalue weighted by Crippen LogP contribution is 2.51. The first-order valence-corrected chi connectivity index (χ1v) is 14.1. The molecular formula is C24H44N4P2. The van der Waals surface area contributed by atoms with Gasteiger partial charge in [0.1, 0.15) is 0 Å². The summed E-state index contributed by atoms with van der Waals surface area (Å²) in [5, 5.41) is 15.0. The standard InChI is InChI=1S/C24H44N4P2/c1-23(2,3)19-8-7-17(15-29)18(22(19)24(4,5)6)16-30(20-13-25-9-11-27-20)21-14-26-10-12-28-21/h7-8,20-21,25-28H,9-16,29H2,1-6H3. The largest absolute Gasteiger partial charge is 0.314 e. The second kappa shape index (κ2) is 10.2. The Balaban J connectivity index is 2.08. The maximum absolute atomic E-state index is 3.87. The van der Waals surface area contributed by atoms with Gasteiger partial charge in [-0.2, -0.15) is 0 Å². The Hall–Kier alpha value is -0.0800. The summed E-state index contributed by atoms with van der Waals surface area (Å²) in [6, 6.07) is 4.82. The van der Waals surface area contributed by atoms with Gasteiger partial charge in [-0.15, -0.1) is 9.24 Å². The fourth-order valence-corrected chi connectivity index (χ4v) is 8.35. The molecule has 0 saturated carbocycles. The molecule has 2 aliphatic rings. The Morgan fingerprint density at radius 3 is 1.83 bits per heavy atom. The lowest BCUT2D eigenvalue weighted by molar-refractivity contribution is 0.472. The maximum atomic E-state index is 3.87. The van der Waals surface area contributed by atoms with E-state index in [2.05, 4.69) is 84.2 Å². The Labute approximate surface area is 188 Å². The molecule has 0 bridgehead atoms. The molecule has 3 atom stereocenters. The van der Waals surface area contributed by atoms with E-state index in [0.717, 1.165) is 45.4 Å². The van der Waals surface area contributed by atoms with Crippen LogP contribution in [0.15, 0.2) is 12.1 Å². The van der Waals surface area contributed by atoms with Crippen molar-refractivity contribution in [3.05, 3.63) is 34.4 Å². The topological polar surface area (TPSA) is 48.1 Å². The Morgan fingerprint density at radius 1 is 0.867 bits per heavy atom. The lowest BCUT2D eigenvalue weighted by atomic mass is 9.72. The average Bonchev–Trinajstić information content (AvgIpc) is 2.71. The minimum Gasteiger partial charge on any atom is -0.314 e. The van der Waals surface area contributed by atoms with Crippen molar-refractivity contribution >= 4 is 17.2 Å². The van der Waals surface area contributed by atoms with Crippen LogP contribution in [0.2, 0.25) is 0 Å². The van der Waals surface area contributed by atoms with E-state index < -0.39 is 0 Å². The number of hydrogen-bond donors (Lipinski definition) is 4. The lowest BCUT2D eigenvalue weighted by Crippen LogP contribution is -2.53. The van der Waals surface area contributed by atoms with Crippen molar-refractivity contribution in [1.82, 2.24) is 21.3 Å². The first-order chi connectivity index (χ1) is 14.1. The molecule has 170 valence electrons. The molecular weight excluding hydrogens is 406 g/mol. The molecule has 0 spiro atoms. The van der Waals surface area contributed by atoms with Crippen LogP contribution < -0.4 is 21.3 Å². The van der Waals surface area contributed by atoms with Gasteiger partial charge in [-0.05, 0) is 45.4 Å². The van der Waals surface area contributed by atoms with E-state index in [9.17, 15) is 0 Å². The number of nitrogens with one attached hydrogen (secondary N) is 4. The van der Waals surface area contributed by atoms with Gasteiger partial charge in [0, 0.05) is 50.8 Å². The first kappa shape index (κ1) is 24.6. The summed E-state index contributed by atoms with van der Waals surface area (Å²) < 4.78 is 0. The molecule has 4 nitrogen and oxygen atoms in total. The molecule has 30 heavy (non-hydrogen) atoms. The summed E-state index contributed by atoms with van der Waals surface area (Å²) in [7, 11) is 2.72. The fourth-order valence-electron chi connectivity index (χ4n) is 4.91. The van der Waals surface area contributed by atoms with Gasteiger partial charge in [0.25, 0.3) is 0 Å². The SMILES string of the molecule is CC(C)(C)c1ccc(CP)c(CP(C2CNCCN2)C2CNCCN2)c1C(C)(C)C. The van der Waals surface area contributed by atoms with Gasteiger partial charge in [0.15, 0.2) is 0 Å². The van der Waals surface area contributed by atoms with Gasteiger partial charge in [-0.1, -0.05) is 61.6 Å². The Kier molecular flexibility index (Phi) is 8.38. The zero-order valence-corrected chi connectivity index (χ0v) is 22.0. The molecule has 2 fully saturated rings. The van der Waals surface area contributed by atoms with Crippen molar-refractivity contribution < 1.29 is 0 Å². The zero-order valence-electron chi connectivity index (χ0n) is 20.0. The molecule has 3 unspecified atom stereocenters. The summed E-state index contributed by atoms with van der Waals surface area (Å²) in [5.41, 5.74) is 6.52. The molecule has 0 amide bonds. The number of hydrogen-bond acceptors (Lipinski definition) is 4. The van der Waals surface area contributed by atoms with E-state index in [4.69, 9.17) is 0 Å². The molecule has 0 aliphatic carbocycles. The van der Waals surface area contributed by atoms with Gasteiger partial charge < -0.3 is 21.3 Å². The van der Waals surface area contributed by atoms with Crippen molar-refractivity contribution in [2.75, 3.05) is 39.3 Å². The van der Waals surface area contributed by atoms with Crippen LogP contribution in [0.5, 0.6) is 0 Å². The number of piperazine rings is 2. The van der Waals surface area contributed by atoms with E-state index >= 15 is 0 Å². The van der Waals surface area contributed by atoms with Crippen LogP contribution in [0.25, 0.3) is 0 Å².